The van der Waals surface area contributed by atoms with Crippen LogP contribution < -0.4 is 5.32 Å². The Hall–Kier alpha value is -0.740. The van der Waals surface area contributed by atoms with Crippen LogP contribution in [0.1, 0.15) is 19.3 Å². The lowest BCUT2D eigenvalue weighted by atomic mass is 10.1. The molecule has 128 valence electrons. The molecule has 0 aromatic heterocycles. The predicted octanol–water partition coefficient (Wildman–Crippen LogP) is 2.29. The molecule has 2 bridgehead atoms. The summed E-state index contributed by atoms with van der Waals surface area (Å²) < 4.78 is 28.0. The van der Waals surface area contributed by atoms with Crippen LogP contribution >= 0.6 is 28.3 Å². The Morgan fingerprint density at radius 1 is 1.26 bits per heavy atom. The Morgan fingerprint density at radius 3 is 2.65 bits per heavy atom. The Bertz CT molecular complexity index is 701. The number of hydrogen-bond acceptors (Lipinski definition) is 5. The number of hydrogen-bond donors (Lipinski definition) is 1. The van der Waals surface area contributed by atoms with Gasteiger partial charge in [0.2, 0.25) is 10.0 Å². The molecule has 0 spiro atoms. The summed E-state index contributed by atoms with van der Waals surface area (Å²) in [6.45, 7) is 1.37. The van der Waals surface area contributed by atoms with E-state index in [1.807, 2.05) is 0 Å². The maximum absolute atomic E-state index is 13.0. The van der Waals surface area contributed by atoms with Crippen LogP contribution in [0.15, 0.2) is 27.6 Å². The molecular formula is C13H17BrClN3O4S. The van der Waals surface area contributed by atoms with Crippen molar-refractivity contribution in [3.05, 3.63) is 32.8 Å². The maximum Gasteiger partial charge on any atom is 0.290 e. The molecule has 1 aromatic carbocycles. The number of rotatable bonds is 3. The van der Waals surface area contributed by atoms with E-state index in [1.165, 1.54) is 22.5 Å². The average Bonchev–Trinajstić information content (AvgIpc) is 2.72. The number of benzene rings is 1. The summed E-state index contributed by atoms with van der Waals surface area (Å²) in [4.78, 5) is 10.4. The van der Waals surface area contributed by atoms with Crippen LogP contribution in [0, 0.1) is 10.1 Å². The van der Waals surface area contributed by atoms with E-state index in [4.69, 9.17) is 0 Å². The van der Waals surface area contributed by atoms with Gasteiger partial charge in [0.25, 0.3) is 5.69 Å². The van der Waals surface area contributed by atoms with Gasteiger partial charge in [-0.1, -0.05) is 15.9 Å². The molecule has 0 radical (unpaired) electrons. The van der Waals surface area contributed by atoms with Gasteiger partial charge in [0, 0.05) is 29.2 Å². The van der Waals surface area contributed by atoms with Gasteiger partial charge in [-0.3, -0.25) is 10.1 Å². The minimum atomic E-state index is -3.88. The molecule has 2 saturated heterocycles. The van der Waals surface area contributed by atoms with E-state index in [0.717, 1.165) is 25.8 Å². The lowest BCUT2D eigenvalue weighted by Gasteiger charge is -2.26. The monoisotopic (exact) mass is 425 g/mol. The lowest BCUT2D eigenvalue weighted by molar-refractivity contribution is -0.387. The molecule has 1 N–H and O–H groups in total. The van der Waals surface area contributed by atoms with Gasteiger partial charge in [-0.25, -0.2) is 8.42 Å². The van der Waals surface area contributed by atoms with E-state index < -0.39 is 14.9 Å². The highest BCUT2D eigenvalue weighted by molar-refractivity contribution is 9.10. The van der Waals surface area contributed by atoms with Gasteiger partial charge in [-0.15, -0.1) is 12.4 Å². The second kappa shape index (κ2) is 7.02. The summed E-state index contributed by atoms with van der Waals surface area (Å²) in [6.07, 6.45) is 2.34. The summed E-state index contributed by atoms with van der Waals surface area (Å²) in [6, 6.07) is 3.88. The molecule has 2 atom stereocenters. The van der Waals surface area contributed by atoms with Crippen LogP contribution in [-0.2, 0) is 10.0 Å². The zero-order valence-corrected chi connectivity index (χ0v) is 15.4. The molecule has 2 fully saturated rings. The van der Waals surface area contributed by atoms with Crippen LogP contribution in [0.5, 0.6) is 0 Å². The summed E-state index contributed by atoms with van der Waals surface area (Å²) in [5, 5.41) is 14.5. The fourth-order valence-corrected chi connectivity index (χ4v) is 5.69. The van der Waals surface area contributed by atoms with Crippen molar-refractivity contribution in [3.63, 3.8) is 0 Å². The van der Waals surface area contributed by atoms with Crippen molar-refractivity contribution >= 4 is 44.0 Å². The first-order chi connectivity index (χ1) is 10.4. The zero-order valence-electron chi connectivity index (χ0n) is 12.1. The minimum Gasteiger partial charge on any atom is -0.315 e. The summed E-state index contributed by atoms with van der Waals surface area (Å²) in [5.41, 5.74) is -0.383. The molecule has 3 rings (SSSR count). The third-order valence-electron chi connectivity index (χ3n) is 4.26. The number of nitro groups is 1. The molecule has 0 saturated carbocycles. The maximum atomic E-state index is 13.0. The summed E-state index contributed by atoms with van der Waals surface area (Å²) in [5.74, 6) is 0. The van der Waals surface area contributed by atoms with Gasteiger partial charge >= 0.3 is 0 Å². The molecule has 0 aliphatic carbocycles. The van der Waals surface area contributed by atoms with E-state index >= 15 is 0 Å². The minimum absolute atomic E-state index is 0. The van der Waals surface area contributed by atoms with Gasteiger partial charge in [-0.2, -0.15) is 4.31 Å². The van der Waals surface area contributed by atoms with Gasteiger partial charge in [0.1, 0.15) is 0 Å². The Morgan fingerprint density at radius 2 is 1.96 bits per heavy atom. The van der Waals surface area contributed by atoms with Crippen LogP contribution in [0.4, 0.5) is 5.69 Å². The fraction of sp³-hybridized carbons (Fsp3) is 0.538. The first-order valence-electron chi connectivity index (χ1n) is 7.09. The molecule has 2 aliphatic heterocycles. The quantitative estimate of drug-likeness (QED) is 0.591. The normalized spacial score (nSPS) is 24.7. The van der Waals surface area contributed by atoms with Crippen LogP contribution in [0.2, 0.25) is 0 Å². The van der Waals surface area contributed by atoms with Crippen molar-refractivity contribution in [2.24, 2.45) is 0 Å². The van der Waals surface area contributed by atoms with E-state index in [1.54, 1.807) is 0 Å². The largest absolute Gasteiger partial charge is 0.315 e. The fourth-order valence-electron chi connectivity index (χ4n) is 3.30. The third-order valence-corrected chi connectivity index (χ3v) is 6.81. The average molecular weight is 427 g/mol. The molecule has 1 aromatic rings. The lowest BCUT2D eigenvalue weighted by Crippen LogP contribution is -2.42. The van der Waals surface area contributed by atoms with Crippen LogP contribution in [0.3, 0.4) is 0 Å². The van der Waals surface area contributed by atoms with Gasteiger partial charge < -0.3 is 5.32 Å². The predicted molar refractivity (Wildman–Crippen MR) is 91.4 cm³/mol. The number of nitrogens with zero attached hydrogens (tertiary/aromatic N) is 2. The standard InChI is InChI=1S/C13H16BrN3O4S.ClH/c14-9-1-4-13(12(7-9)17(18)19)22(20,21)16-10-2-3-11(16)8-15-6-5-10;/h1,4,7,10-11,15H,2-3,5-6,8H2;1H. The molecule has 2 heterocycles. The topological polar surface area (TPSA) is 92.5 Å². The Balaban J connectivity index is 0.00000192. The Kier molecular flexibility index (Phi) is 5.68. The zero-order chi connectivity index (χ0) is 15.9. The first-order valence-corrected chi connectivity index (χ1v) is 9.33. The van der Waals surface area contributed by atoms with Crippen molar-refractivity contribution in [2.75, 3.05) is 13.1 Å². The Labute approximate surface area is 149 Å². The van der Waals surface area contributed by atoms with Crippen molar-refractivity contribution in [3.8, 4) is 0 Å². The first kappa shape index (κ1) is 18.6. The molecule has 0 amide bonds. The number of fused-ring (bicyclic) bond motifs is 2. The van der Waals surface area contributed by atoms with Crippen LogP contribution in [-0.4, -0.2) is 42.8 Å². The van der Waals surface area contributed by atoms with Gasteiger partial charge in [0.05, 0.1) is 4.92 Å². The van der Waals surface area contributed by atoms with E-state index in [9.17, 15) is 18.5 Å². The number of nitro benzene ring substituents is 1. The second-order valence-electron chi connectivity index (χ2n) is 5.58. The highest BCUT2D eigenvalue weighted by Gasteiger charge is 2.45. The van der Waals surface area contributed by atoms with Gasteiger partial charge in [0.15, 0.2) is 4.90 Å². The number of nitrogens with one attached hydrogen (secondary N) is 1. The summed E-state index contributed by atoms with van der Waals surface area (Å²) in [7, 11) is -3.88. The van der Waals surface area contributed by atoms with E-state index in [2.05, 4.69) is 21.2 Å². The second-order valence-corrected chi connectivity index (χ2v) is 8.31. The van der Waals surface area contributed by atoms with E-state index in [0.29, 0.717) is 11.0 Å². The highest BCUT2D eigenvalue weighted by Crippen LogP contribution is 2.37. The molecular weight excluding hydrogens is 410 g/mol. The number of sulfonamides is 1. The molecule has 10 heteroatoms. The molecule has 23 heavy (non-hydrogen) atoms. The molecule has 2 aliphatic rings. The van der Waals surface area contributed by atoms with Crippen LogP contribution in [0.25, 0.3) is 0 Å². The third kappa shape index (κ3) is 3.39. The smallest absolute Gasteiger partial charge is 0.290 e. The van der Waals surface area contributed by atoms with Crippen molar-refractivity contribution in [1.82, 2.24) is 9.62 Å². The highest BCUT2D eigenvalue weighted by atomic mass is 79.9. The molecule has 7 nitrogen and oxygen atoms in total. The van der Waals surface area contributed by atoms with Crippen molar-refractivity contribution in [2.45, 2.75) is 36.2 Å². The van der Waals surface area contributed by atoms with Crippen molar-refractivity contribution < 1.29 is 13.3 Å². The summed E-state index contributed by atoms with van der Waals surface area (Å²) >= 11 is 3.15. The van der Waals surface area contributed by atoms with E-state index in [-0.39, 0.29) is 35.1 Å². The number of halogens is 2. The molecule has 2 unspecified atom stereocenters. The SMILES string of the molecule is Cl.O=[N+]([O-])c1cc(Br)ccc1S(=O)(=O)N1C2CCNCC1CC2. The van der Waals surface area contributed by atoms with Crippen molar-refractivity contribution in [1.29, 1.82) is 0 Å². The van der Waals surface area contributed by atoms with Gasteiger partial charge in [-0.05, 0) is 37.9 Å².